The number of nitrogens with zero attached hydrogens (tertiary/aromatic N) is 3. The molecule has 0 saturated heterocycles. The van der Waals surface area contributed by atoms with E-state index in [1.54, 1.807) is 11.3 Å². The molecule has 0 bridgehead atoms. The maximum Gasteiger partial charge on any atom is 0.234 e. The Kier molecular flexibility index (Phi) is 6.13. The Bertz CT molecular complexity index is 974. The Morgan fingerprint density at radius 2 is 2.11 bits per heavy atom. The molecule has 0 aliphatic heterocycles. The Morgan fingerprint density at radius 3 is 2.81 bits per heavy atom. The van der Waals surface area contributed by atoms with E-state index in [0.29, 0.717) is 11.7 Å². The first-order chi connectivity index (χ1) is 13.0. The number of allylic oxidation sites excluding steroid dienone is 1. The van der Waals surface area contributed by atoms with Gasteiger partial charge in [-0.15, -0.1) is 28.1 Å². The highest BCUT2D eigenvalue weighted by molar-refractivity contribution is 7.99. The first-order valence-electron chi connectivity index (χ1n) is 8.57. The van der Waals surface area contributed by atoms with Gasteiger partial charge in [-0.25, -0.2) is 0 Å². The second kappa shape index (κ2) is 8.54. The predicted molar refractivity (Wildman–Crippen MR) is 114 cm³/mol. The maximum atomic E-state index is 12.4. The maximum absolute atomic E-state index is 12.4. The number of hydrogen-bond acceptors (Lipinski definition) is 5. The van der Waals surface area contributed by atoms with Gasteiger partial charge in [0.05, 0.1) is 5.75 Å². The Labute approximate surface area is 167 Å². The van der Waals surface area contributed by atoms with Crippen molar-refractivity contribution in [3.05, 3.63) is 58.3 Å². The van der Waals surface area contributed by atoms with Crippen LogP contribution in [0.2, 0.25) is 0 Å². The van der Waals surface area contributed by atoms with Crippen molar-refractivity contribution >= 4 is 34.7 Å². The fourth-order valence-electron chi connectivity index (χ4n) is 2.65. The molecule has 2 aromatic heterocycles. The molecule has 1 aromatic carbocycles. The number of carbonyl (C=O) groups is 1. The quantitative estimate of drug-likeness (QED) is 0.457. The largest absolute Gasteiger partial charge is 0.325 e. The molecular formula is C20H22N4OS2. The second-order valence-corrected chi connectivity index (χ2v) is 8.36. The van der Waals surface area contributed by atoms with Gasteiger partial charge in [-0.05, 0) is 44.0 Å². The van der Waals surface area contributed by atoms with Crippen LogP contribution in [0, 0.1) is 20.8 Å². The minimum absolute atomic E-state index is 0.0604. The van der Waals surface area contributed by atoms with Crippen LogP contribution < -0.4 is 5.32 Å². The van der Waals surface area contributed by atoms with Crippen molar-refractivity contribution in [3.8, 4) is 11.4 Å². The van der Waals surface area contributed by atoms with Gasteiger partial charge in [0.2, 0.25) is 5.91 Å². The molecule has 0 spiro atoms. The highest BCUT2D eigenvalue weighted by atomic mass is 32.2. The Balaban J connectivity index is 1.72. The van der Waals surface area contributed by atoms with Crippen LogP contribution in [0.25, 0.3) is 11.4 Å². The summed E-state index contributed by atoms with van der Waals surface area (Å²) in [5.41, 5.74) is 4.05. The van der Waals surface area contributed by atoms with Crippen molar-refractivity contribution < 1.29 is 4.79 Å². The van der Waals surface area contributed by atoms with E-state index in [4.69, 9.17) is 0 Å². The lowest BCUT2D eigenvalue weighted by Gasteiger charge is -2.10. The minimum atomic E-state index is -0.0604. The molecule has 1 amide bonds. The number of aromatic nitrogens is 3. The van der Waals surface area contributed by atoms with Crippen LogP contribution in [0.15, 0.2) is 47.5 Å². The summed E-state index contributed by atoms with van der Waals surface area (Å²) in [5.74, 6) is 1.01. The van der Waals surface area contributed by atoms with Gasteiger partial charge in [0, 0.05) is 28.1 Å². The molecule has 0 radical (unpaired) electrons. The zero-order valence-electron chi connectivity index (χ0n) is 15.7. The average Bonchev–Trinajstić information content (AvgIpc) is 3.23. The molecule has 7 heteroatoms. The van der Waals surface area contributed by atoms with Crippen LogP contribution in [-0.2, 0) is 11.3 Å². The molecule has 0 unspecified atom stereocenters. The van der Waals surface area contributed by atoms with Crippen LogP contribution in [-0.4, -0.2) is 26.4 Å². The van der Waals surface area contributed by atoms with Crippen LogP contribution in [0.3, 0.4) is 0 Å². The number of aryl methyl sites for hydroxylation is 3. The lowest BCUT2D eigenvalue weighted by molar-refractivity contribution is -0.113. The van der Waals surface area contributed by atoms with Crippen molar-refractivity contribution in [2.75, 3.05) is 11.1 Å². The molecule has 0 atom stereocenters. The van der Waals surface area contributed by atoms with Gasteiger partial charge < -0.3 is 5.32 Å². The summed E-state index contributed by atoms with van der Waals surface area (Å²) >= 11 is 3.06. The topological polar surface area (TPSA) is 59.8 Å². The van der Waals surface area contributed by atoms with Gasteiger partial charge in [0.25, 0.3) is 0 Å². The molecule has 140 valence electrons. The molecule has 0 aliphatic rings. The van der Waals surface area contributed by atoms with E-state index in [9.17, 15) is 4.79 Å². The summed E-state index contributed by atoms with van der Waals surface area (Å²) in [5, 5.41) is 14.4. The smallest absolute Gasteiger partial charge is 0.234 e. The van der Waals surface area contributed by atoms with E-state index >= 15 is 0 Å². The number of thioether (sulfide) groups is 1. The molecule has 5 nitrogen and oxygen atoms in total. The van der Waals surface area contributed by atoms with E-state index in [1.165, 1.54) is 16.6 Å². The lowest BCUT2D eigenvalue weighted by Crippen LogP contribution is -2.15. The second-order valence-electron chi connectivity index (χ2n) is 6.31. The van der Waals surface area contributed by atoms with Gasteiger partial charge >= 0.3 is 0 Å². The van der Waals surface area contributed by atoms with Crippen molar-refractivity contribution in [2.45, 2.75) is 32.5 Å². The zero-order chi connectivity index (χ0) is 19.4. The third kappa shape index (κ3) is 4.67. The molecule has 0 aliphatic carbocycles. The molecule has 3 aromatic rings. The Morgan fingerprint density at radius 1 is 1.30 bits per heavy atom. The van der Waals surface area contributed by atoms with Crippen molar-refractivity contribution in [3.63, 3.8) is 0 Å². The van der Waals surface area contributed by atoms with E-state index in [-0.39, 0.29) is 11.7 Å². The summed E-state index contributed by atoms with van der Waals surface area (Å²) in [4.78, 5) is 13.6. The van der Waals surface area contributed by atoms with E-state index in [0.717, 1.165) is 28.2 Å². The minimum Gasteiger partial charge on any atom is -0.325 e. The number of hydrogen-bond donors (Lipinski definition) is 1. The normalized spacial score (nSPS) is 10.8. The molecule has 27 heavy (non-hydrogen) atoms. The highest BCUT2D eigenvalue weighted by Crippen LogP contribution is 2.27. The fourth-order valence-corrected chi connectivity index (χ4v) is 4.08. The van der Waals surface area contributed by atoms with E-state index in [1.807, 2.05) is 42.7 Å². The molecule has 3 rings (SSSR count). The number of anilines is 1. The first kappa shape index (κ1) is 19.4. The Hall–Kier alpha value is -2.38. The summed E-state index contributed by atoms with van der Waals surface area (Å²) in [6, 6.07) is 8.12. The standard InChI is InChI=1S/C20H22N4OS2/c1-5-8-24-19(16-10-15(4)26-11-16)22-23-20(24)27-12-18(25)21-17-9-13(2)6-7-14(17)3/h5-7,9-11H,1,8,12H2,2-4H3,(H,21,25). The summed E-state index contributed by atoms with van der Waals surface area (Å²) in [6.07, 6.45) is 1.81. The SMILES string of the molecule is C=CCn1c(SCC(=O)Nc2cc(C)ccc2C)nnc1-c1csc(C)c1. The zero-order valence-corrected chi connectivity index (χ0v) is 17.3. The van der Waals surface area contributed by atoms with Crippen molar-refractivity contribution in [1.29, 1.82) is 0 Å². The van der Waals surface area contributed by atoms with Crippen LogP contribution in [0.1, 0.15) is 16.0 Å². The number of nitrogens with one attached hydrogen (secondary N) is 1. The van der Waals surface area contributed by atoms with Crippen LogP contribution in [0.4, 0.5) is 5.69 Å². The fraction of sp³-hybridized carbons (Fsp3) is 0.250. The van der Waals surface area contributed by atoms with Crippen molar-refractivity contribution in [2.24, 2.45) is 0 Å². The van der Waals surface area contributed by atoms with Gasteiger partial charge in [0.1, 0.15) is 0 Å². The number of rotatable bonds is 7. The lowest BCUT2D eigenvalue weighted by atomic mass is 10.1. The number of benzene rings is 1. The summed E-state index contributed by atoms with van der Waals surface area (Å²) < 4.78 is 1.99. The summed E-state index contributed by atoms with van der Waals surface area (Å²) in [7, 11) is 0. The van der Waals surface area contributed by atoms with Crippen LogP contribution >= 0.6 is 23.1 Å². The number of carbonyl (C=O) groups excluding carboxylic acids is 1. The van der Waals surface area contributed by atoms with E-state index in [2.05, 4.69) is 40.5 Å². The van der Waals surface area contributed by atoms with Gasteiger partial charge in [-0.3, -0.25) is 9.36 Å². The highest BCUT2D eigenvalue weighted by Gasteiger charge is 2.16. The van der Waals surface area contributed by atoms with Crippen LogP contribution in [0.5, 0.6) is 0 Å². The van der Waals surface area contributed by atoms with E-state index < -0.39 is 0 Å². The molecule has 0 saturated carbocycles. The van der Waals surface area contributed by atoms with Gasteiger partial charge in [-0.1, -0.05) is 30.0 Å². The summed E-state index contributed by atoms with van der Waals surface area (Å²) in [6.45, 7) is 10.5. The first-order valence-corrected chi connectivity index (χ1v) is 10.4. The molecule has 1 N–H and O–H groups in total. The predicted octanol–water partition coefficient (Wildman–Crippen LogP) is 4.85. The molecule has 2 heterocycles. The van der Waals surface area contributed by atoms with Gasteiger partial charge in [0.15, 0.2) is 11.0 Å². The molecular weight excluding hydrogens is 376 g/mol. The van der Waals surface area contributed by atoms with Gasteiger partial charge in [-0.2, -0.15) is 0 Å². The van der Waals surface area contributed by atoms with Crippen molar-refractivity contribution in [1.82, 2.24) is 14.8 Å². The monoisotopic (exact) mass is 398 g/mol. The third-order valence-electron chi connectivity index (χ3n) is 4.02. The third-order valence-corrected chi connectivity index (χ3v) is 5.84. The molecule has 0 fully saturated rings. The average molecular weight is 399 g/mol. The number of amides is 1. The number of thiophene rings is 1.